The fourth-order valence-electron chi connectivity index (χ4n) is 2.33. The van der Waals surface area contributed by atoms with E-state index in [9.17, 15) is 9.59 Å². The standard InChI is InChI=1S/C15H14BrN3O4/c16-10-1-3-11(4-2-10)19-7-12(17-9-19)14(20)18-5-6-23-13(8-18)15(21)22/h1-4,7,9,13H,5-6,8H2,(H,21,22). The molecule has 1 unspecified atom stereocenters. The lowest BCUT2D eigenvalue weighted by atomic mass is 10.2. The Balaban J connectivity index is 1.75. The molecule has 1 amide bonds. The smallest absolute Gasteiger partial charge is 0.334 e. The molecule has 0 radical (unpaired) electrons. The summed E-state index contributed by atoms with van der Waals surface area (Å²) < 4.78 is 7.83. The van der Waals surface area contributed by atoms with E-state index in [-0.39, 0.29) is 24.8 Å². The van der Waals surface area contributed by atoms with Crippen LogP contribution in [0.5, 0.6) is 0 Å². The number of hydrogen-bond acceptors (Lipinski definition) is 4. The van der Waals surface area contributed by atoms with Gasteiger partial charge in [0.25, 0.3) is 5.91 Å². The number of imidazole rings is 1. The lowest BCUT2D eigenvalue weighted by molar-refractivity contribution is -0.154. The van der Waals surface area contributed by atoms with Crippen LogP contribution in [0.2, 0.25) is 0 Å². The minimum Gasteiger partial charge on any atom is -0.479 e. The van der Waals surface area contributed by atoms with Crippen molar-refractivity contribution in [1.29, 1.82) is 0 Å². The third-order valence-electron chi connectivity index (χ3n) is 3.56. The van der Waals surface area contributed by atoms with E-state index in [1.165, 1.54) is 4.90 Å². The van der Waals surface area contributed by atoms with Gasteiger partial charge in [0.2, 0.25) is 0 Å². The van der Waals surface area contributed by atoms with Crippen LogP contribution in [0.1, 0.15) is 10.5 Å². The van der Waals surface area contributed by atoms with Gasteiger partial charge in [-0.25, -0.2) is 9.78 Å². The average Bonchev–Trinajstić information content (AvgIpc) is 3.05. The van der Waals surface area contributed by atoms with E-state index in [0.29, 0.717) is 6.54 Å². The monoisotopic (exact) mass is 379 g/mol. The maximum atomic E-state index is 12.5. The Morgan fingerprint density at radius 3 is 2.74 bits per heavy atom. The molecule has 1 aliphatic rings. The van der Waals surface area contributed by atoms with Gasteiger partial charge in [-0.1, -0.05) is 15.9 Å². The van der Waals surface area contributed by atoms with Crippen molar-refractivity contribution in [3.8, 4) is 5.69 Å². The van der Waals surface area contributed by atoms with E-state index in [4.69, 9.17) is 9.84 Å². The zero-order chi connectivity index (χ0) is 16.4. The molecule has 120 valence electrons. The number of morpholine rings is 1. The number of nitrogens with zero attached hydrogens (tertiary/aromatic N) is 3. The fourth-order valence-corrected chi connectivity index (χ4v) is 2.60. The maximum absolute atomic E-state index is 12.5. The number of carboxylic acid groups (broad SMARTS) is 1. The predicted octanol–water partition coefficient (Wildman–Crippen LogP) is 1.56. The van der Waals surface area contributed by atoms with Crippen LogP contribution in [0.25, 0.3) is 5.69 Å². The van der Waals surface area contributed by atoms with Crippen LogP contribution in [0, 0.1) is 0 Å². The maximum Gasteiger partial charge on any atom is 0.334 e. The Bertz CT molecular complexity index is 729. The van der Waals surface area contributed by atoms with E-state index >= 15 is 0 Å². The molecule has 2 heterocycles. The summed E-state index contributed by atoms with van der Waals surface area (Å²) in [6.07, 6.45) is 2.21. The first-order valence-electron chi connectivity index (χ1n) is 6.98. The van der Waals surface area contributed by atoms with Crippen LogP contribution in [0.15, 0.2) is 41.3 Å². The number of ether oxygens (including phenoxy) is 1. The van der Waals surface area contributed by atoms with Gasteiger partial charge in [-0.15, -0.1) is 0 Å². The second kappa shape index (κ2) is 6.51. The summed E-state index contributed by atoms with van der Waals surface area (Å²) in [7, 11) is 0. The van der Waals surface area contributed by atoms with Crippen LogP contribution in [-0.4, -0.2) is 57.2 Å². The van der Waals surface area contributed by atoms with Crippen molar-refractivity contribution in [1.82, 2.24) is 14.5 Å². The molecule has 1 aliphatic heterocycles. The van der Waals surface area contributed by atoms with Gasteiger partial charge in [-0.2, -0.15) is 0 Å². The van der Waals surface area contributed by atoms with Crippen molar-refractivity contribution in [3.63, 3.8) is 0 Å². The lowest BCUT2D eigenvalue weighted by Crippen LogP contribution is -2.48. The van der Waals surface area contributed by atoms with Crippen molar-refractivity contribution in [2.45, 2.75) is 6.10 Å². The van der Waals surface area contributed by atoms with E-state index in [2.05, 4.69) is 20.9 Å². The number of carboxylic acids is 1. The second-order valence-electron chi connectivity index (χ2n) is 5.09. The van der Waals surface area contributed by atoms with Crippen LogP contribution in [-0.2, 0) is 9.53 Å². The summed E-state index contributed by atoms with van der Waals surface area (Å²) in [4.78, 5) is 29.0. The molecule has 1 aromatic heterocycles. The minimum atomic E-state index is -1.07. The lowest BCUT2D eigenvalue weighted by Gasteiger charge is -2.30. The third-order valence-corrected chi connectivity index (χ3v) is 4.08. The Hall–Kier alpha value is -2.19. The molecular weight excluding hydrogens is 366 g/mol. The van der Waals surface area contributed by atoms with Crippen LogP contribution >= 0.6 is 15.9 Å². The van der Waals surface area contributed by atoms with Crippen molar-refractivity contribution in [2.24, 2.45) is 0 Å². The molecule has 3 rings (SSSR count). The predicted molar refractivity (Wildman–Crippen MR) is 84.5 cm³/mol. The number of halogens is 1. The summed E-state index contributed by atoms with van der Waals surface area (Å²) >= 11 is 3.37. The highest BCUT2D eigenvalue weighted by atomic mass is 79.9. The molecule has 23 heavy (non-hydrogen) atoms. The molecule has 7 nitrogen and oxygen atoms in total. The Morgan fingerprint density at radius 2 is 2.04 bits per heavy atom. The summed E-state index contributed by atoms with van der Waals surface area (Å²) in [5, 5.41) is 9.00. The number of carbonyl (C=O) groups is 2. The first kappa shape index (κ1) is 15.7. The molecule has 0 spiro atoms. The topological polar surface area (TPSA) is 84.7 Å². The molecule has 1 atom stereocenters. The number of aromatic nitrogens is 2. The SMILES string of the molecule is O=C(O)C1CN(C(=O)c2cn(-c3ccc(Br)cc3)cn2)CCO1. The highest BCUT2D eigenvalue weighted by Crippen LogP contribution is 2.15. The molecular formula is C15H14BrN3O4. The zero-order valence-corrected chi connectivity index (χ0v) is 13.6. The van der Waals surface area contributed by atoms with Crippen LogP contribution in [0.3, 0.4) is 0 Å². The van der Waals surface area contributed by atoms with Gasteiger partial charge in [0.15, 0.2) is 6.10 Å². The highest BCUT2D eigenvalue weighted by Gasteiger charge is 2.30. The number of amides is 1. The molecule has 0 aliphatic carbocycles. The fraction of sp³-hybridized carbons (Fsp3) is 0.267. The van der Waals surface area contributed by atoms with Crippen LogP contribution in [0.4, 0.5) is 0 Å². The van der Waals surface area contributed by atoms with Gasteiger partial charge in [0.1, 0.15) is 12.0 Å². The average molecular weight is 380 g/mol. The second-order valence-corrected chi connectivity index (χ2v) is 6.01. The summed E-state index contributed by atoms with van der Waals surface area (Å²) in [5.41, 5.74) is 1.16. The van der Waals surface area contributed by atoms with Crippen molar-refractivity contribution >= 4 is 27.8 Å². The Kier molecular flexibility index (Phi) is 4.44. The summed E-state index contributed by atoms with van der Waals surface area (Å²) in [6, 6.07) is 7.59. The van der Waals surface area contributed by atoms with Gasteiger partial charge >= 0.3 is 5.97 Å². The van der Waals surface area contributed by atoms with Crippen molar-refractivity contribution in [3.05, 3.63) is 47.0 Å². The summed E-state index contributed by atoms with van der Waals surface area (Å²) in [6.45, 7) is 0.587. The highest BCUT2D eigenvalue weighted by molar-refractivity contribution is 9.10. The van der Waals surface area contributed by atoms with Crippen molar-refractivity contribution < 1.29 is 19.4 Å². The quantitative estimate of drug-likeness (QED) is 0.874. The van der Waals surface area contributed by atoms with E-state index < -0.39 is 12.1 Å². The molecule has 1 saturated heterocycles. The van der Waals surface area contributed by atoms with Gasteiger partial charge in [-0.3, -0.25) is 4.79 Å². The first-order chi connectivity index (χ1) is 11.0. The number of rotatable bonds is 3. The molecule has 0 saturated carbocycles. The Morgan fingerprint density at radius 1 is 1.30 bits per heavy atom. The third kappa shape index (κ3) is 3.43. The molecule has 0 bridgehead atoms. The van der Waals surface area contributed by atoms with Gasteiger partial charge in [-0.05, 0) is 24.3 Å². The molecule has 1 aromatic carbocycles. The largest absolute Gasteiger partial charge is 0.479 e. The van der Waals surface area contributed by atoms with Crippen LogP contribution < -0.4 is 0 Å². The molecule has 2 aromatic rings. The summed E-state index contributed by atoms with van der Waals surface area (Å²) in [5.74, 6) is -1.36. The molecule has 1 N–H and O–H groups in total. The zero-order valence-electron chi connectivity index (χ0n) is 12.1. The van der Waals surface area contributed by atoms with E-state index in [1.807, 2.05) is 24.3 Å². The van der Waals surface area contributed by atoms with Crippen molar-refractivity contribution in [2.75, 3.05) is 19.7 Å². The van der Waals surface area contributed by atoms with E-state index in [0.717, 1.165) is 10.2 Å². The van der Waals surface area contributed by atoms with Gasteiger partial charge < -0.3 is 19.3 Å². The number of carbonyl (C=O) groups excluding carboxylic acids is 1. The number of aliphatic carboxylic acids is 1. The molecule has 1 fully saturated rings. The minimum absolute atomic E-state index is 0.0271. The number of benzene rings is 1. The Labute approximate surface area is 140 Å². The molecule has 8 heteroatoms. The first-order valence-corrected chi connectivity index (χ1v) is 7.77. The van der Waals surface area contributed by atoms with Gasteiger partial charge in [0.05, 0.1) is 13.2 Å². The van der Waals surface area contributed by atoms with E-state index in [1.54, 1.807) is 17.1 Å². The number of hydrogen-bond donors (Lipinski definition) is 1. The normalized spacial score (nSPS) is 18.0. The van der Waals surface area contributed by atoms with Gasteiger partial charge in [0, 0.05) is 22.9 Å².